The van der Waals surface area contributed by atoms with Gasteiger partial charge in [-0.3, -0.25) is 0 Å². The van der Waals surface area contributed by atoms with E-state index in [0.717, 1.165) is 12.8 Å². The van der Waals surface area contributed by atoms with Crippen LogP contribution >= 0.6 is 0 Å². The van der Waals surface area contributed by atoms with Gasteiger partial charge < -0.3 is 0 Å². The van der Waals surface area contributed by atoms with Gasteiger partial charge in [0.1, 0.15) is 0 Å². The van der Waals surface area contributed by atoms with Crippen molar-refractivity contribution in [3.63, 3.8) is 0 Å². The number of allylic oxidation sites excluding steroid dienone is 6. The first-order valence-corrected chi connectivity index (χ1v) is 9.71. The lowest BCUT2D eigenvalue weighted by molar-refractivity contribution is 0.376. The van der Waals surface area contributed by atoms with Gasteiger partial charge in [0.15, 0.2) is 0 Å². The summed E-state index contributed by atoms with van der Waals surface area (Å²) in [6, 6.07) is 0. The Hall–Kier alpha value is -1.66. The van der Waals surface area contributed by atoms with E-state index >= 15 is 0 Å². The van der Waals surface area contributed by atoms with Crippen molar-refractivity contribution in [2.75, 3.05) is 0 Å². The third-order valence-corrected chi connectivity index (χ3v) is 4.79. The summed E-state index contributed by atoms with van der Waals surface area (Å²) < 4.78 is 0. The Kier molecular flexibility index (Phi) is 8.86. The molecule has 0 saturated carbocycles. The van der Waals surface area contributed by atoms with Gasteiger partial charge in [-0.05, 0) is 57.9 Å². The molecule has 1 aliphatic carbocycles. The van der Waals surface area contributed by atoms with Crippen LogP contribution in [0.3, 0.4) is 0 Å². The molecule has 25 heavy (non-hydrogen) atoms. The first kappa shape index (κ1) is 21.4. The Bertz CT molecular complexity index is 640. The van der Waals surface area contributed by atoms with Crippen molar-refractivity contribution in [3.05, 3.63) is 34.9 Å². The summed E-state index contributed by atoms with van der Waals surface area (Å²) >= 11 is 0. The maximum atomic E-state index is 3.36. The van der Waals surface area contributed by atoms with Crippen LogP contribution in [-0.2, 0) is 0 Å². The second kappa shape index (κ2) is 10.4. The molecule has 2 atom stereocenters. The summed E-state index contributed by atoms with van der Waals surface area (Å²) in [4.78, 5) is 0. The maximum absolute atomic E-state index is 3.36. The van der Waals surface area contributed by atoms with E-state index in [0.29, 0.717) is 17.3 Å². The van der Waals surface area contributed by atoms with Gasteiger partial charge in [0.2, 0.25) is 0 Å². The third kappa shape index (κ3) is 8.31. The van der Waals surface area contributed by atoms with Gasteiger partial charge in [0.25, 0.3) is 0 Å². The molecule has 0 nitrogen and oxygen atoms in total. The van der Waals surface area contributed by atoms with Crippen molar-refractivity contribution in [2.45, 2.75) is 80.6 Å². The SMILES string of the molecule is CC(C)=CCC#CC(C)CC#CC(C)/C=C/C1=C(C)CCCC1(C)C. The lowest BCUT2D eigenvalue weighted by atomic mass is 9.72. The first-order valence-electron chi connectivity index (χ1n) is 9.71. The van der Waals surface area contributed by atoms with Crippen molar-refractivity contribution >= 4 is 0 Å². The second-order valence-corrected chi connectivity index (χ2v) is 8.31. The summed E-state index contributed by atoms with van der Waals surface area (Å²) in [5.41, 5.74) is 4.70. The molecule has 0 fully saturated rings. The molecule has 1 rings (SSSR count). The van der Waals surface area contributed by atoms with E-state index in [2.05, 4.69) is 90.4 Å². The van der Waals surface area contributed by atoms with Gasteiger partial charge in [-0.25, -0.2) is 0 Å². The number of hydrogen-bond donors (Lipinski definition) is 0. The third-order valence-electron chi connectivity index (χ3n) is 4.79. The molecule has 2 unspecified atom stereocenters. The highest BCUT2D eigenvalue weighted by molar-refractivity contribution is 5.33. The molecule has 0 saturated heterocycles. The summed E-state index contributed by atoms with van der Waals surface area (Å²) in [6.45, 7) is 15.6. The molecule has 136 valence electrons. The summed E-state index contributed by atoms with van der Waals surface area (Å²) in [6.07, 6.45) is 12.3. The molecule has 0 bridgehead atoms. The van der Waals surface area contributed by atoms with Crippen LogP contribution in [0.2, 0.25) is 0 Å². The van der Waals surface area contributed by atoms with Crippen LogP contribution in [0.15, 0.2) is 34.9 Å². The Morgan fingerprint density at radius 3 is 2.52 bits per heavy atom. The standard InChI is InChI=1S/C25H36/c1-20(2)12-8-9-13-21(3)14-10-15-22(4)17-18-24-23(5)16-11-19-25(24,6)7/h12,17-18,21-22H,8,11,14,16,19H2,1-7H3/b18-17+. The lowest BCUT2D eigenvalue weighted by Gasteiger charge is -2.33. The van der Waals surface area contributed by atoms with Crippen LogP contribution in [0.5, 0.6) is 0 Å². The van der Waals surface area contributed by atoms with Gasteiger partial charge in [0.05, 0.1) is 0 Å². The Morgan fingerprint density at radius 1 is 1.16 bits per heavy atom. The van der Waals surface area contributed by atoms with Crippen molar-refractivity contribution < 1.29 is 0 Å². The van der Waals surface area contributed by atoms with Crippen molar-refractivity contribution in [3.8, 4) is 23.7 Å². The normalized spacial score (nSPS) is 18.7. The Labute approximate surface area is 156 Å². The van der Waals surface area contributed by atoms with Crippen LogP contribution in [0.25, 0.3) is 0 Å². The summed E-state index contributed by atoms with van der Waals surface area (Å²) in [5, 5.41) is 0. The van der Waals surface area contributed by atoms with Crippen LogP contribution in [0.4, 0.5) is 0 Å². The summed E-state index contributed by atoms with van der Waals surface area (Å²) in [7, 11) is 0. The van der Waals surface area contributed by atoms with Crippen LogP contribution in [-0.4, -0.2) is 0 Å². The van der Waals surface area contributed by atoms with E-state index in [-0.39, 0.29) is 0 Å². The molecule has 0 N–H and O–H groups in total. The zero-order chi connectivity index (χ0) is 18.9. The lowest BCUT2D eigenvalue weighted by Crippen LogP contribution is -2.19. The van der Waals surface area contributed by atoms with Crippen LogP contribution in [0, 0.1) is 40.9 Å². The van der Waals surface area contributed by atoms with Crippen LogP contribution in [0.1, 0.15) is 80.6 Å². The van der Waals surface area contributed by atoms with E-state index in [4.69, 9.17) is 0 Å². The minimum Gasteiger partial charge on any atom is -0.101 e. The fraction of sp³-hybridized carbons (Fsp3) is 0.600. The molecule has 0 heterocycles. The zero-order valence-corrected chi connectivity index (χ0v) is 17.4. The minimum atomic E-state index is 0.295. The fourth-order valence-electron chi connectivity index (χ4n) is 3.21. The quantitative estimate of drug-likeness (QED) is 0.379. The molecule has 0 amide bonds. The van der Waals surface area contributed by atoms with Crippen molar-refractivity contribution in [1.82, 2.24) is 0 Å². The molecule has 0 heteroatoms. The topological polar surface area (TPSA) is 0 Å². The average Bonchev–Trinajstić information content (AvgIpc) is 2.50. The predicted molar refractivity (Wildman–Crippen MR) is 112 cm³/mol. The fourth-order valence-corrected chi connectivity index (χ4v) is 3.21. The molecule has 0 aromatic heterocycles. The Balaban J connectivity index is 2.56. The van der Waals surface area contributed by atoms with E-state index < -0.39 is 0 Å². The molecule has 1 aliphatic rings. The number of rotatable bonds is 4. The smallest absolute Gasteiger partial charge is 0.0357 e. The molecule has 0 spiro atoms. The molecule has 0 aliphatic heterocycles. The highest BCUT2D eigenvalue weighted by atomic mass is 14.3. The van der Waals surface area contributed by atoms with E-state index in [9.17, 15) is 0 Å². The van der Waals surface area contributed by atoms with Crippen molar-refractivity contribution in [2.24, 2.45) is 17.3 Å². The zero-order valence-electron chi connectivity index (χ0n) is 17.4. The van der Waals surface area contributed by atoms with Gasteiger partial charge in [-0.15, -0.1) is 5.92 Å². The minimum absolute atomic E-state index is 0.295. The molecular formula is C25H36. The monoisotopic (exact) mass is 336 g/mol. The summed E-state index contributed by atoms with van der Waals surface area (Å²) in [5.74, 6) is 13.8. The maximum Gasteiger partial charge on any atom is 0.0357 e. The van der Waals surface area contributed by atoms with Gasteiger partial charge in [-0.1, -0.05) is 67.9 Å². The van der Waals surface area contributed by atoms with Crippen LogP contribution < -0.4 is 0 Å². The van der Waals surface area contributed by atoms with Gasteiger partial charge >= 0.3 is 0 Å². The average molecular weight is 337 g/mol. The van der Waals surface area contributed by atoms with E-state index in [1.54, 1.807) is 5.57 Å². The largest absolute Gasteiger partial charge is 0.101 e. The molecule has 0 aromatic rings. The second-order valence-electron chi connectivity index (χ2n) is 8.31. The molecular weight excluding hydrogens is 300 g/mol. The van der Waals surface area contributed by atoms with Gasteiger partial charge in [0, 0.05) is 24.7 Å². The van der Waals surface area contributed by atoms with E-state index in [1.807, 2.05) is 0 Å². The first-order chi connectivity index (χ1) is 11.7. The number of hydrogen-bond acceptors (Lipinski definition) is 0. The Morgan fingerprint density at radius 2 is 1.88 bits per heavy atom. The molecule has 0 radical (unpaired) electrons. The molecule has 0 aromatic carbocycles. The highest BCUT2D eigenvalue weighted by Gasteiger charge is 2.26. The predicted octanol–water partition coefficient (Wildman–Crippen LogP) is 7.09. The highest BCUT2D eigenvalue weighted by Crippen LogP contribution is 2.40. The van der Waals surface area contributed by atoms with E-state index in [1.165, 1.54) is 30.4 Å². The van der Waals surface area contributed by atoms with Crippen molar-refractivity contribution in [1.29, 1.82) is 0 Å². The van der Waals surface area contributed by atoms with Gasteiger partial charge in [-0.2, -0.15) is 0 Å².